The normalized spacial score (nSPS) is 15.5. The molecule has 0 aliphatic carbocycles. The third kappa shape index (κ3) is 5.39. The Bertz CT molecular complexity index is 918. The lowest BCUT2D eigenvalue weighted by atomic mass is 10.0. The van der Waals surface area contributed by atoms with Crippen molar-refractivity contribution in [3.63, 3.8) is 0 Å². The van der Waals surface area contributed by atoms with Gasteiger partial charge in [-0.3, -0.25) is 4.79 Å². The van der Waals surface area contributed by atoms with Gasteiger partial charge >= 0.3 is 6.36 Å². The Hall–Kier alpha value is -2.55. The Morgan fingerprint density at radius 3 is 2.55 bits per heavy atom. The summed E-state index contributed by atoms with van der Waals surface area (Å²) in [6, 6.07) is 6.06. The number of aromatic nitrogens is 2. The Morgan fingerprint density at radius 1 is 1.26 bits per heavy atom. The van der Waals surface area contributed by atoms with Gasteiger partial charge in [0.2, 0.25) is 0 Å². The summed E-state index contributed by atoms with van der Waals surface area (Å²) in [6.45, 7) is 8.05. The van der Waals surface area contributed by atoms with Crippen molar-refractivity contribution in [2.45, 2.75) is 52.4 Å². The molecule has 1 saturated heterocycles. The highest BCUT2D eigenvalue weighted by atomic mass is 19.4. The highest BCUT2D eigenvalue weighted by molar-refractivity contribution is 5.96. The number of benzene rings is 1. The average molecular weight is 438 g/mol. The summed E-state index contributed by atoms with van der Waals surface area (Å²) in [5, 5.41) is 4.43. The number of aryl methyl sites for hydroxylation is 1. The molecule has 170 valence electrons. The van der Waals surface area contributed by atoms with Crippen LogP contribution >= 0.6 is 0 Å². The molecule has 0 atom stereocenters. The predicted octanol–water partition coefficient (Wildman–Crippen LogP) is 4.33. The zero-order chi connectivity index (χ0) is 22.8. The lowest BCUT2D eigenvalue weighted by Crippen LogP contribution is -2.45. The Kier molecular flexibility index (Phi) is 6.93. The van der Waals surface area contributed by atoms with E-state index in [9.17, 15) is 18.0 Å². The number of rotatable bonds is 6. The van der Waals surface area contributed by atoms with E-state index in [0.29, 0.717) is 41.8 Å². The van der Waals surface area contributed by atoms with E-state index >= 15 is 0 Å². The van der Waals surface area contributed by atoms with Gasteiger partial charge in [0.15, 0.2) is 0 Å². The zero-order valence-corrected chi connectivity index (χ0v) is 18.4. The van der Waals surface area contributed by atoms with E-state index in [1.54, 1.807) is 19.9 Å². The van der Waals surface area contributed by atoms with Gasteiger partial charge in [-0.25, -0.2) is 4.68 Å². The van der Waals surface area contributed by atoms with Gasteiger partial charge < -0.3 is 14.5 Å². The molecule has 6 nitrogen and oxygen atoms in total. The second-order valence-electron chi connectivity index (χ2n) is 8.01. The first-order valence-electron chi connectivity index (χ1n) is 10.5. The van der Waals surface area contributed by atoms with Gasteiger partial charge in [-0.05, 0) is 58.8 Å². The highest BCUT2D eigenvalue weighted by Crippen LogP contribution is 2.27. The van der Waals surface area contributed by atoms with Gasteiger partial charge in [-0.2, -0.15) is 5.10 Å². The zero-order valence-electron chi connectivity index (χ0n) is 18.4. The summed E-state index contributed by atoms with van der Waals surface area (Å²) < 4.78 is 43.2. The third-order valence-corrected chi connectivity index (χ3v) is 5.75. The number of halogens is 3. The van der Waals surface area contributed by atoms with Gasteiger partial charge in [0, 0.05) is 25.2 Å². The molecule has 1 amide bonds. The maximum absolute atomic E-state index is 13.2. The summed E-state index contributed by atoms with van der Waals surface area (Å²) in [4.78, 5) is 17.4. The minimum absolute atomic E-state index is 0.0828. The van der Waals surface area contributed by atoms with Crippen LogP contribution in [0.5, 0.6) is 5.75 Å². The van der Waals surface area contributed by atoms with E-state index in [-0.39, 0.29) is 11.7 Å². The van der Waals surface area contributed by atoms with Crippen LogP contribution in [0.15, 0.2) is 24.3 Å². The van der Waals surface area contributed by atoms with Gasteiger partial charge in [0.1, 0.15) is 5.75 Å². The van der Waals surface area contributed by atoms with Crippen molar-refractivity contribution in [2.24, 2.45) is 0 Å². The topological polar surface area (TPSA) is 50.6 Å². The number of ether oxygens (including phenoxy) is 1. The fourth-order valence-electron chi connectivity index (χ4n) is 4.22. The van der Waals surface area contributed by atoms with Crippen LogP contribution in [0, 0.1) is 13.8 Å². The first-order valence-corrected chi connectivity index (χ1v) is 10.5. The third-order valence-electron chi connectivity index (χ3n) is 5.75. The number of likely N-dealkylation sites (tertiary alicyclic amines) is 1. The first-order chi connectivity index (χ1) is 14.6. The van der Waals surface area contributed by atoms with Crippen LogP contribution in [0.2, 0.25) is 0 Å². The van der Waals surface area contributed by atoms with E-state index in [4.69, 9.17) is 0 Å². The van der Waals surface area contributed by atoms with Gasteiger partial charge in [-0.15, -0.1) is 13.2 Å². The average Bonchev–Trinajstić information content (AvgIpc) is 3.01. The summed E-state index contributed by atoms with van der Waals surface area (Å²) >= 11 is 0. The number of hydrogen-bond donors (Lipinski definition) is 0. The molecule has 1 aromatic carbocycles. The van der Waals surface area contributed by atoms with E-state index in [2.05, 4.69) is 28.7 Å². The number of carbonyl (C=O) groups excluding carboxylic acids is 1. The van der Waals surface area contributed by atoms with Crippen LogP contribution in [0.3, 0.4) is 0 Å². The second kappa shape index (κ2) is 9.30. The lowest BCUT2D eigenvalue weighted by molar-refractivity contribution is -0.274. The molecule has 31 heavy (non-hydrogen) atoms. The van der Waals surface area contributed by atoms with Crippen molar-refractivity contribution in [3.8, 4) is 11.4 Å². The van der Waals surface area contributed by atoms with E-state index in [1.165, 1.54) is 22.9 Å². The molecular formula is C22H29F3N4O2. The number of nitrogens with zero attached hydrogens (tertiary/aromatic N) is 4. The standard InChI is InChI=1S/C22H29F3N4O2/c1-5-11-27(4)17-9-12-28(13-10-17)21(30)20-15(2)26-29(16(20)3)18-7-6-8-19(14-18)31-22(23,24)25/h6-8,14,17H,5,9-13H2,1-4H3. The van der Waals surface area contributed by atoms with E-state index in [0.717, 1.165) is 25.8 Å². The van der Waals surface area contributed by atoms with Crippen LogP contribution in [0.4, 0.5) is 13.2 Å². The molecule has 0 bridgehead atoms. The van der Waals surface area contributed by atoms with Crippen molar-refractivity contribution in [1.29, 1.82) is 0 Å². The van der Waals surface area contributed by atoms with E-state index < -0.39 is 6.36 Å². The molecule has 1 aliphatic rings. The Balaban J connectivity index is 1.78. The lowest BCUT2D eigenvalue weighted by Gasteiger charge is -2.36. The maximum Gasteiger partial charge on any atom is 0.573 e. The SMILES string of the molecule is CCCN(C)C1CCN(C(=O)c2c(C)nn(-c3cccc(OC(F)(F)F)c3)c2C)CC1. The monoisotopic (exact) mass is 438 g/mol. The predicted molar refractivity (Wildman–Crippen MR) is 112 cm³/mol. The number of alkyl halides is 3. The highest BCUT2D eigenvalue weighted by Gasteiger charge is 2.32. The van der Waals surface area contributed by atoms with Crippen LogP contribution < -0.4 is 4.74 Å². The van der Waals surface area contributed by atoms with Gasteiger partial charge in [-0.1, -0.05) is 13.0 Å². The summed E-state index contributed by atoms with van der Waals surface area (Å²) in [5.41, 5.74) is 2.05. The second-order valence-corrected chi connectivity index (χ2v) is 8.01. The van der Waals surface area contributed by atoms with Crippen LogP contribution in [0.1, 0.15) is 47.9 Å². The first kappa shape index (κ1) is 23.1. The molecule has 1 aromatic heterocycles. The molecule has 0 N–H and O–H groups in total. The number of amides is 1. The van der Waals surface area contributed by atoms with E-state index in [1.807, 2.05) is 4.90 Å². The van der Waals surface area contributed by atoms with Gasteiger partial charge in [0.25, 0.3) is 5.91 Å². The Labute approximate surface area is 180 Å². The molecule has 3 rings (SSSR count). The van der Waals surface area contributed by atoms with Crippen molar-refractivity contribution in [2.75, 3.05) is 26.7 Å². The Morgan fingerprint density at radius 2 is 1.94 bits per heavy atom. The molecule has 2 heterocycles. The molecular weight excluding hydrogens is 409 g/mol. The molecule has 0 radical (unpaired) electrons. The van der Waals surface area contributed by atoms with Gasteiger partial charge in [0.05, 0.1) is 22.6 Å². The molecule has 0 unspecified atom stereocenters. The largest absolute Gasteiger partial charge is 0.573 e. The summed E-state index contributed by atoms with van der Waals surface area (Å²) in [6.07, 6.45) is -1.83. The van der Waals surface area contributed by atoms with Crippen molar-refractivity contribution >= 4 is 5.91 Å². The molecule has 1 fully saturated rings. The quantitative estimate of drug-likeness (QED) is 0.674. The maximum atomic E-state index is 13.2. The molecule has 1 aliphatic heterocycles. The summed E-state index contributed by atoms with van der Waals surface area (Å²) in [7, 11) is 2.13. The molecule has 2 aromatic rings. The van der Waals surface area contributed by atoms with Crippen LogP contribution in [0.25, 0.3) is 5.69 Å². The van der Waals surface area contributed by atoms with Crippen LogP contribution in [-0.2, 0) is 0 Å². The minimum atomic E-state index is -4.77. The fourth-order valence-corrected chi connectivity index (χ4v) is 4.22. The fraction of sp³-hybridized carbons (Fsp3) is 0.545. The smallest absolute Gasteiger partial charge is 0.406 e. The van der Waals surface area contributed by atoms with Crippen molar-refractivity contribution in [3.05, 3.63) is 41.2 Å². The van der Waals surface area contributed by atoms with Crippen molar-refractivity contribution < 1.29 is 22.7 Å². The molecule has 0 saturated carbocycles. The number of piperidine rings is 1. The molecule has 9 heteroatoms. The molecule has 0 spiro atoms. The number of carbonyl (C=O) groups is 1. The minimum Gasteiger partial charge on any atom is -0.406 e. The summed E-state index contributed by atoms with van der Waals surface area (Å²) in [5.74, 6) is -0.413. The number of hydrogen-bond acceptors (Lipinski definition) is 4. The van der Waals surface area contributed by atoms with Crippen LogP contribution in [-0.4, -0.2) is 64.6 Å². The van der Waals surface area contributed by atoms with Crippen molar-refractivity contribution in [1.82, 2.24) is 19.6 Å².